The molecule has 4 nitrogen and oxygen atoms in total. The minimum absolute atomic E-state index is 0.358. The first kappa shape index (κ1) is 12.8. The van der Waals surface area contributed by atoms with E-state index in [1.807, 2.05) is 37.2 Å². The van der Waals surface area contributed by atoms with Crippen molar-refractivity contribution < 1.29 is 9.53 Å². The quantitative estimate of drug-likeness (QED) is 0.928. The van der Waals surface area contributed by atoms with Crippen LogP contribution >= 0.6 is 15.9 Å². The third-order valence-corrected chi connectivity index (χ3v) is 2.45. The largest absolute Gasteiger partial charge is 0.450 e. The molecule has 0 atom stereocenters. The molecule has 0 bridgehead atoms. The molecule has 0 aliphatic rings. The van der Waals surface area contributed by atoms with E-state index in [2.05, 4.69) is 21.2 Å². The van der Waals surface area contributed by atoms with Crippen molar-refractivity contribution in [3.8, 4) is 0 Å². The number of ether oxygens (including phenoxy) is 1. The summed E-state index contributed by atoms with van der Waals surface area (Å²) in [6.45, 7) is 2.13. The molecule has 88 valence electrons. The number of hydrogen-bond donors (Lipinski definition) is 1. The maximum Gasteiger partial charge on any atom is 0.411 e. The Morgan fingerprint density at radius 1 is 1.50 bits per heavy atom. The highest BCUT2D eigenvalue weighted by atomic mass is 79.9. The SMILES string of the molecule is CCOC(=O)Nc1cc(Br)ccc1N(C)C. The van der Waals surface area contributed by atoms with Gasteiger partial charge in [0.1, 0.15) is 0 Å². The van der Waals surface area contributed by atoms with E-state index in [9.17, 15) is 4.79 Å². The van der Waals surface area contributed by atoms with Crippen LogP contribution in [0.5, 0.6) is 0 Å². The van der Waals surface area contributed by atoms with Crippen LogP contribution in [0.25, 0.3) is 0 Å². The second-order valence-electron chi connectivity index (χ2n) is 3.40. The third kappa shape index (κ3) is 3.41. The van der Waals surface area contributed by atoms with Crippen molar-refractivity contribution in [2.24, 2.45) is 0 Å². The second-order valence-corrected chi connectivity index (χ2v) is 4.32. The number of carbonyl (C=O) groups is 1. The molecular formula is C11H15BrN2O2. The summed E-state index contributed by atoms with van der Waals surface area (Å²) in [6.07, 6.45) is -0.441. The average molecular weight is 287 g/mol. The number of nitrogens with one attached hydrogen (secondary N) is 1. The van der Waals surface area contributed by atoms with Crippen molar-refractivity contribution in [1.29, 1.82) is 0 Å². The van der Waals surface area contributed by atoms with Gasteiger partial charge in [-0.3, -0.25) is 5.32 Å². The van der Waals surface area contributed by atoms with E-state index in [4.69, 9.17) is 4.74 Å². The highest BCUT2D eigenvalue weighted by Crippen LogP contribution is 2.28. The summed E-state index contributed by atoms with van der Waals surface area (Å²) in [5, 5.41) is 2.70. The Morgan fingerprint density at radius 3 is 2.75 bits per heavy atom. The summed E-state index contributed by atoms with van der Waals surface area (Å²) >= 11 is 3.36. The zero-order valence-electron chi connectivity index (χ0n) is 9.58. The fourth-order valence-corrected chi connectivity index (χ4v) is 1.64. The van der Waals surface area contributed by atoms with Gasteiger partial charge < -0.3 is 9.64 Å². The van der Waals surface area contributed by atoms with Crippen molar-refractivity contribution >= 4 is 33.4 Å². The minimum Gasteiger partial charge on any atom is -0.450 e. The van der Waals surface area contributed by atoms with Gasteiger partial charge in [0.15, 0.2) is 0 Å². The summed E-state index contributed by atoms with van der Waals surface area (Å²) < 4.78 is 5.74. The Balaban J connectivity index is 2.92. The lowest BCUT2D eigenvalue weighted by Crippen LogP contribution is -2.17. The second kappa shape index (κ2) is 5.75. The average Bonchev–Trinajstić information content (AvgIpc) is 2.17. The highest BCUT2D eigenvalue weighted by Gasteiger charge is 2.09. The molecule has 0 aliphatic heterocycles. The van der Waals surface area contributed by atoms with Crippen LogP contribution in [-0.2, 0) is 4.74 Å². The number of amides is 1. The molecule has 1 aromatic rings. The van der Waals surface area contributed by atoms with Gasteiger partial charge in [-0.1, -0.05) is 15.9 Å². The van der Waals surface area contributed by atoms with Crippen LogP contribution in [-0.4, -0.2) is 26.8 Å². The molecule has 0 aliphatic carbocycles. The number of hydrogen-bond acceptors (Lipinski definition) is 3. The fourth-order valence-electron chi connectivity index (χ4n) is 1.28. The van der Waals surface area contributed by atoms with Gasteiger partial charge in [-0.25, -0.2) is 4.79 Å². The molecule has 0 fully saturated rings. The van der Waals surface area contributed by atoms with Crippen LogP contribution in [0.3, 0.4) is 0 Å². The lowest BCUT2D eigenvalue weighted by atomic mass is 10.2. The maximum atomic E-state index is 11.3. The first-order chi connectivity index (χ1) is 7.54. The zero-order chi connectivity index (χ0) is 12.1. The van der Waals surface area contributed by atoms with Gasteiger partial charge >= 0.3 is 6.09 Å². The van der Waals surface area contributed by atoms with E-state index in [1.54, 1.807) is 6.92 Å². The van der Waals surface area contributed by atoms with Gasteiger partial charge in [-0.2, -0.15) is 0 Å². The van der Waals surface area contributed by atoms with Gasteiger partial charge in [0.05, 0.1) is 18.0 Å². The van der Waals surface area contributed by atoms with E-state index < -0.39 is 6.09 Å². The Bertz CT molecular complexity index is 380. The van der Waals surface area contributed by atoms with Crippen LogP contribution in [0.15, 0.2) is 22.7 Å². The Kier molecular flexibility index (Phi) is 4.61. The molecule has 0 radical (unpaired) electrons. The van der Waals surface area contributed by atoms with E-state index in [0.29, 0.717) is 6.61 Å². The maximum absolute atomic E-state index is 11.3. The van der Waals surface area contributed by atoms with Crippen LogP contribution in [0.2, 0.25) is 0 Å². The number of anilines is 2. The molecule has 0 spiro atoms. The summed E-state index contributed by atoms with van der Waals surface area (Å²) in [5.41, 5.74) is 1.65. The smallest absolute Gasteiger partial charge is 0.411 e. The lowest BCUT2D eigenvalue weighted by molar-refractivity contribution is 0.168. The summed E-state index contributed by atoms with van der Waals surface area (Å²) in [6, 6.07) is 5.68. The molecule has 16 heavy (non-hydrogen) atoms. The Morgan fingerprint density at radius 2 is 2.19 bits per heavy atom. The van der Waals surface area contributed by atoms with Crippen LogP contribution < -0.4 is 10.2 Å². The summed E-state index contributed by atoms with van der Waals surface area (Å²) in [7, 11) is 3.83. The zero-order valence-corrected chi connectivity index (χ0v) is 11.2. The lowest BCUT2D eigenvalue weighted by Gasteiger charge is -2.18. The van der Waals surface area contributed by atoms with Crippen LogP contribution in [0.1, 0.15) is 6.92 Å². The Hall–Kier alpha value is -1.23. The molecule has 0 heterocycles. The summed E-state index contributed by atoms with van der Waals surface area (Å²) in [5.74, 6) is 0. The van der Waals surface area contributed by atoms with Gasteiger partial charge in [0.2, 0.25) is 0 Å². The fraction of sp³-hybridized carbons (Fsp3) is 0.364. The van der Waals surface area contributed by atoms with E-state index in [0.717, 1.165) is 15.8 Å². The van der Waals surface area contributed by atoms with Crippen molar-refractivity contribution in [2.45, 2.75) is 6.92 Å². The van der Waals surface area contributed by atoms with Crippen LogP contribution in [0.4, 0.5) is 16.2 Å². The third-order valence-electron chi connectivity index (χ3n) is 1.95. The topological polar surface area (TPSA) is 41.6 Å². The summed E-state index contributed by atoms with van der Waals surface area (Å²) in [4.78, 5) is 13.3. The molecule has 0 aromatic heterocycles. The molecule has 0 saturated carbocycles. The highest BCUT2D eigenvalue weighted by molar-refractivity contribution is 9.10. The molecule has 1 N–H and O–H groups in total. The molecule has 1 amide bonds. The molecule has 0 saturated heterocycles. The number of nitrogens with zero attached hydrogens (tertiary/aromatic N) is 1. The standard InChI is InChI=1S/C11H15BrN2O2/c1-4-16-11(15)13-9-7-8(12)5-6-10(9)14(2)3/h5-7H,4H2,1-3H3,(H,13,15). The van der Waals surface area contributed by atoms with Crippen molar-refractivity contribution in [3.63, 3.8) is 0 Å². The predicted octanol–water partition coefficient (Wildman–Crippen LogP) is 3.08. The number of carbonyl (C=O) groups excluding carboxylic acids is 1. The van der Waals surface area contributed by atoms with Gasteiger partial charge in [0.25, 0.3) is 0 Å². The molecule has 5 heteroatoms. The van der Waals surface area contributed by atoms with E-state index >= 15 is 0 Å². The molecular weight excluding hydrogens is 272 g/mol. The molecule has 1 aromatic carbocycles. The van der Waals surface area contributed by atoms with Gasteiger partial charge in [-0.05, 0) is 25.1 Å². The van der Waals surface area contributed by atoms with E-state index in [1.165, 1.54) is 0 Å². The van der Waals surface area contributed by atoms with E-state index in [-0.39, 0.29) is 0 Å². The van der Waals surface area contributed by atoms with Gasteiger partial charge in [0, 0.05) is 18.6 Å². The predicted molar refractivity (Wildman–Crippen MR) is 69.1 cm³/mol. The normalized spacial score (nSPS) is 9.75. The van der Waals surface area contributed by atoms with Crippen molar-refractivity contribution in [3.05, 3.63) is 22.7 Å². The van der Waals surface area contributed by atoms with Crippen molar-refractivity contribution in [1.82, 2.24) is 0 Å². The molecule has 1 rings (SSSR count). The van der Waals surface area contributed by atoms with Crippen molar-refractivity contribution in [2.75, 3.05) is 30.9 Å². The number of halogens is 1. The first-order valence-corrected chi connectivity index (χ1v) is 5.74. The Labute approximate surface area is 104 Å². The number of rotatable bonds is 3. The molecule has 0 unspecified atom stereocenters. The monoisotopic (exact) mass is 286 g/mol. The first-order valence-electron chi connectivity index (χ1n) is 4.95. The number of benzene rings is 1. The van der Waals surface area contributed by atoms with Crippen LogP contribution in [0, 0.1) is 0 Å². The minimum atomic E-state index is -0.441. The van der Waals surface area contributed by atoms with Gasteiger partial charge in [-0.15, -0.1) is 0 Å².